The number of ether oxygens (including phenoxy) is 2. The zero-order chi connectivity index (χ0) is 27.0. The summed E-state index contributed by atoms with van der Waals surface area (Å²) in [5.41, 5.74) is 3.02. The van der Waals surface area contributed by atoms with Crippen LogP contribution in [-0.4, -0.2) is 42.0 Å². The minimum Gasteiger partial charge on any atom is -0.486 e. The van der Waals surface area contributed by atoms with Gasteiger partial charge in [-0.2, -0.15) is 0 Å². The summed E-state index contributed by atoms with van der Waals surface area (Å²) < 4.78 is 12.3. The Morgan fingerprint density at radius 2 is 1.56 bits per heavy atom. The molecule has 39 heavy (non-hydrogen) atoms. The summed E-state index contributed by atoms with van der Waals surface area (Å²) in [7, 11) is 0. The zero-order valence-corrected chi connectivity index (χ0v) is 23.7. The molecule has 3 aromatic carbocycles. The van der Waals surface area contributed by atoms with Crippen molar-refractivity contribution in [1.82, 2.24) is 10.2 Å². The average Bonchev–Trinajstić information content (AvgIpc) is 3.48. The Labute approximate surface area is 238 Å². The number of carbonyl (C=O) groups is 2. The monoisotopic (exact) mass is 590 g/mol. The van der Waals surface area contributed by atoms with E-state index in [1.54, 1.807) is 4.90 Å². The Bertz CT molecular complexity index is 1260. The van der Waals surface area contributed by atoms with Crippen LogP contribution in [0.5, 0.6) is 11.5 Å². The second-order valence-corrected chi connectivity index (χ2v) is 11.2. The van der Waals surface area contributed by atoms with Gasteiger partial charge in [-0.3, -0.25) is 9.59 Å². The van der Waals surface area contributed by atoms with Crippen molar-refractivity contribution in [2.75, 3.05) is 13.2 Å². The normalized spacial score (nSPS) is 15.5. The third-order valence-electron chi connectivity index (χ3n) is 7.47. The SMILES string of the molecule is O=C(NC1CCCC1)[C@H](Cc1ccccc1)N(Cc1ccc(Br)cc1)C(=O)CCc1ccc2c(c1)OCCO2. The lowest BCUT2D eigenvalue weighted by Crippen LogP contribution is -2.52. The van der Waals surface area contributed by atoms with Crippen LogP contribution in [0, 0.1) is 0 Å². The molecule has 0 radical (unpaired) electrons. The van der Waals surface area contributed by atoms with Gasteiger partial charge in [-0.25, -0.2) is 0 Å². The summed E-state index contributed by atoms with van der Waals surface area (Å²) >= 11 is 3.50. The molecule has 3 aromatic rings. The van der Waals surface area contributed by atoms with E-state index in [1.807, 2.05) is 72.8 Å². The van der Waals surface area contributed by atoms with Crippen LogP contribution in [0.25, 0.3) is 0 Å². The van der Waals surface area contributed by atoms with Crippen molar-refractivity contribution < 1.29 is 19.1 Å². The molecule has 1 heterocycles. The summed E-state index contributed by atoms with van der Waals surface area (Å²) in [4.78, 5) is 29.5. The predicted molar refractivity (Wildman–Crippen MR) is 155 cm³/mol. The highest BCUT2D eigenvalue weighted by Crippen LogP contribution is 2.31. The maximum absolute atomic E-state index is 13.9. The first-order valence-electron chi connectivity index (χ1n) is 13.8. The molecule has 1 fully saturated rings. The van der Waals surface area contributed by atoms with Gasteiger partial charge in [0.25, 0.3) is 0 Å². The van der Waals surface area contributed by atoms with Gasteiger partial charge in [0.15, 0.2) is 11.5 Å². The molecule has 0 unspecified atom stereocenters. The van der Waals surface area contributed by atoms with Crippen LogP contribution in [0.15, 0.2) is 77.3 Å². The first-order valence-corrected chi connectivity index (χ1v) is 14.6. The lowest BCUT2D eigenvalue weighted by Gasteiger charge is -2.32. The Balaban J connectivity index is 1.39. The number of hydrogen-bond donors (Lipinski definition) is 1. The molecule has 0 aromatic heterocycles. The van der Waals surface area contributed by atoms with Crippen LogP contribution < -0.4 is 14.8 Å². The van der Waals surface area contributed by atoms with Gasteiger partial charge in [0, 0.05) is 29.9 Å². The third kappa shape index (κ3) is 7.41. The fraction of sp³-hybridized carbons (Fsp3) is 0.375. The fourth-order valence-corrected chi connectivity index (χ4v) is 5.61. The molecule has 1 saturated carbocycles. The van der Waals surface area contributed by atoms with Crippen LogP contribution in [0.4, 0.5) is 0 Å². The number of nitrogens with one attached hydrogen (secondary N) is 1. The molecule has 1 N–H and O–H groups in total. The van der Waals surface area contributed by atoms with E-state index in [0.717, 1.165) is 58.3 Å². The Kier molecular flexibility index (Phi) is 9.19. The molecular weight excluding hydrogens is 556 g/mol. The molecule has 1 aliphatic carbocycles. The first kappa shape index (κ1) is 27.3. The molecule has 7 heteroatoms. The predicted octanol–water partition coefficient (Wildman–Crippen LogP) is 5.85. The van der Waals surface area contributed by atoms with Gasteiger partial charge in [-0.1, -0.05) is 77.3 Å². The fourth-order valence-electron chi connectivity index (χ4n) is 5.35. The number of hydrogen-bond acceptors (Lipinski definition) is 4. The van der Waals surface area contributed by atoms with Crippen LogP contribution in [0.1, 0.15) is 48.8 Å². The van der Waals surface area contributed by atoms with Gasteiger partial charge in [0.05, 0.1) is 0 Å². The van der Waals surface area contributed by atoms with Crippen LogP contribution in [0.2, 0.25) is 0 Å². The zero-order valence-electron chi connectivity index (χ0n) is 22.1. The summed E-state index contributed by atoms with van der Waals surface area (Å²) in [5.74, 6) is 1.33. The largest absolute Gasteiger partial charge is 0.486 e. The average molecular weight is 592 g/mol. The van der Waals surface area contributed by atoms with Gasteiger partial charge in [0.2, 0.25) is 11.8 Å². The van der Waals surface area contributed by atoms with E-state index in [4.69, 9.17) is 9.47 Å². The highest BCUT2D eigenvalue weighted by atomic mass is 79.9. The molecular formula is C32H35BrN2O4. The van der Waals surface area contributed by atoms with E-state index in [9.17, 15) is 9.59 Å². The minimum atomic E-state index is -0.607. The summed E-state index contributed by atoms with van der Waals surface area (Å²) in [6.45, 7) is 1.43. The molecule has 2 aliphatic rings. The van der Waals surface area contributed by atoms with Crippen LogP contribution in [0.3, 0.4) is 0 Å². The quantitative estimate of drug-likeness (QED) is 0.321. The van der Waals surface area contributed by atoms with Crippen molar-refractivity contribution in [2.24, 2.45) is 0 Å². The van der Waals surface area contributed by atoms with E-state index in [1.165, 1.54) is 0 Å². The minimum absolute atomic E-state index is 0.0460. The summed E-state index contributed by atoms with van der Waals surface area (Å²) in [6.07, 6.45) is 5.55. The Morgan fingerprint density at radius 1 is 0.872 bits per heavy atom. The molecule has 1 atom stereocenters. The standard InChI is InChI=1S/C32H35BrN2O4/c33-26-14-10-25(11-15-26)22-35(31(36)17-13-24-12-16-29-30(21-24)39-19-18-38-29)28(20-23-6-2-1-3-7-23)32(37)34-27-8-4-5-9-27/h1-3,6-7,10-12,14-16,21,27-28H,4-5,8-9,13,17-20,22H2,(H,34,37)/t28-/m0/s1. The molecule has 2 amide bonds. The number of amides is 2. The molecule has 0 spiro atoms. The van der Waals surface area contributed by atoms with Crippen molar-refractivity contribution in [2.45, 2.75) is 63.6 Å². The lowest BCUT2D eigenvalue weighted by molar-refractivity contribution is -0.141. The van der Waals surface area contributed by atoms with Crippen molar-refractivity contribution >= 4 is 27.7 Å². The van der Waals surface area contributed by atoms with E-state index in [0.29, 0.717) is 32.6 Å². The topological polar surface area (TPSA) is 67.9 Å². The van der Waals surface area contributed by atoms with E-state index < -0.39 is 6.04 Å². The smallest absolute Gasteiger partial charge is 0.243 e. The maximum atomic E-state index is 13.9. The molecule has 1 aliphatic heterocycles. The molecule has 6 nitrogen and oxygen atoms in total. The second-order valence-electron chi connectivity index (χ2n) is 10.3. The van der Waals surface area contributed by atoms with Gasteiger partial charge < -0.3 is 19.7 Å². The number of halogens is 1. The highest BCUT2D eigenvalue weighted by molar-refractivity contribution is 9.10. The molecule has 204 valence electrons. The van der Waals surface area contributed by atoms with Crippen molar-refractivity contribution in [3.05, 3.63) is 94.0 Å². The molecule has 0 saturated heterocycles. The third-order valence-corrected chi connectivity index (χ3v) is 8.00. The Hall–Kier alpha value is -3.32. The van der Waals surface area contributed by atoms with E-state index in [-0.39, 0.29) is 24.3 Å². The first-order chi connectivity index (χ1) is 19.0. The number of benzene rings is 3. The van der Waals surface area contributed by atoms with Crippen LogP contribution >= 0.6 is 15.9 Å². The molecule has 0 bridgehead atoms. The second kappa shape index (κ2) is 13.2. The number of fused-ring (bicyclic) bond motifs is 1. The number of carbonyl (C=O) groups excluding carboxylic acids is 2. The molecule has 5 rings (SSSR count). The van der Waals surface area contributed by atoms with Crippen LogP contribution in [-0.2, 0) is 29.0 Å². The Morgan fingerprint density at radius 3 is 2.31 bits per heavy atom. The van der Waals surface area contributed by atoms with Gasteiger partial charge >= 0.3 is 0 Å². The van der Waals surface area contributed by atoms with Crippen molar-refractivity contribution in [3.63, 3.8) is 0 Å². The van der Waals surface area contributed by atoms with Gasteiger partial charge in [0.1, 0.15) is 19.3 Å². The number of rotatable bonds is 10. The number of nitrogens with zero attached hydrogens (tertiary/aromatic N) is 1. The lowest BCUT2D eigenvalue weighted by atomic mass is 10.0. The number of aryl methyl sites for hydroxylation is 1. The summed E-state index contributed by atoms with van der Waals surface area (Å²) in [6, 6.07) is 23.3. The van der Waals surface area contributed by atoms with Gasteiger partial charge in [-0.05, 0) is 60.2 Å². The van der Waals surface area contributed by atoms with E-state index >= 15 is 0 Å². The maximum Gasteiger partial charge on any atom is 0.243 e. The highest BCUT2D eigenvalue weighted by Gasteiger charge is 2.32. The van der Waals surface area contributed by atoms with E-state index in [2.05, 4.69) is 21.2 Å². The van der Waals surface area contributed by atoms with Crippen molar-refractivity contribution in [3.8, 4) is 11.5 Å². The van der Waals surface area contributed by atoms with Crippen molar-refractivity contribution in [1.29, 1.82) is 0 Å². The van der Waals surface area contributed by atoms with Gasteiger partial charge in [-0.15, -0.1) is 0 Å². The summed E-state index contributed by atoms with van der Waals surface area (Å²) in [5, 5.41) is 3.27.